The lowest BCUT2D eigenvalue weighted by Gasteiger charge is -2.29. The van der Waals surface area contributed by atoms with Gasteiger partial charge in [-0.3, -0.25) is 4.90 Å². The molecule has 0 aromatic carbocycles. The summed E-state index contributed by atoms with van der Waals surface area (Å²) in [6, 6.07) is 0.894. The van der Waals surface area contributed by atoms with Gasteiger partial charge >= 0.3 is 0 Å². The highest BCUT2D eigenvalue weighted by atomic mass is 15.2. The second kappa shape index (κ2) is 6.41. The summed E-state index contributed by atoms with van der Waals surface area (Å²) >= 11 is 0. The van der Waals surface area contributed by atoms with E-state index in [-0.39, 0.29) is 0 Å². The minimum absolute atomic E-state index is 0.894. The second-order valence-electron chi connectivity index (χ2n) is 4.46. The molecular formula is C12H26N2. The topological polar surface area (TPSA) is 6.48 Å². The van der Waals surface area contributed by atoms with E-state index in [4.69, 9.17) is 0 Å². The normalized spacial score (nSPS) is 18.6. The molecule has 0 heterocycles. The lowest BCUT2D eigenvalue weighted by Crippen LogP contribution is -2.38. The number of rotatable bonds is 6. The summed E-state index contributed by atoms with van der Waals surface area (Å²) in [5, 5.41) is 0. The van der Waals surface area contributed by atoms with Gasteiger partial charge in [-0.15, -0.1) is 0 Å². The molecule has 0 N–H and O–H groups in total. The Bertz CT molecular complexity index is 141. The van der Waals surface area contributed by atoms with E-state index in [0.717, 1.165) is 6.04 Å². The summed E-state index contributed by atoms with van der Waals surface area (Å²) in [5.41, 5.74) is 0. The van der Waals surface area contributed by atoms with E-state index < -0.39 is 0 Å². The molecule has 0 aromatic heterocycles. The summed E-state index contributed by atoms with van der Waals surface area (Å²) in [6.07, 6.45) is 5.77. The van der Waals surface area contributed by atoms with Crippen molar-refractivity contribution >= 4 is 0 Å². The molecule has 84 valence electrons. The molecule has 1 aliphatic carbocycles. The minimum Gasteiger partial charge on any atom is -0.305 e. The Hall–Kier alpha value is -0.0800. The quantitative estimate of drug-likeness (QED) is 0.645. The van der Waals surface area contributed by atoms with Crippen molar-refractivity contribution < 1.29 is 0 Å². The molecule has 2 nitrogen and oxygen atoms in total. The van der Waals surface area contributed by atoms with Crippen LogP contribution < -0.4 is 0 Å². The minimum atomic E-state index is 0.894. The van der Waals surface area contributed by atoms with Gasteiger partial charge in [-0.05, 0) is 33.0 Å². The molecule has 0 atom stereocenters. The molecule has 0 bridgehead atoms. The SMILES string of the molecule is CCN(C)CCN(CC)C1CCCC1. The average molecular weight is 198 g/mol. The van der Waals surface area contributed by atoms with E-state index in [1.807, 2.05) is 0 Å². The number of hydrogen-bond donors (Lipinski definition) is 0. The summed E-state index contributed by atoms with van der Waals surface area (Å²) in [7, 11) is 2.21. The Labute approximate surface area is 89.3 Å². The van der Waals surface area contributed by atoms with E-state index in [9.17, 15) is 0 Å². The highest BCUT2D eigenvalue weighted by Gasteiger charge is 2.20. The van der Waals surface area contributed by atoms with Crippen LogP contribution in [0.4, 0.5) is 0 Å². The largest absolute Gasteiger partial charge is 0.305 e. The first-order valence-corrected chi connectivity index (χ1v) is 6.20. The lowest BCUT2D eigenvalue weighted by molar-refractivity contribution is 0.182. The molecular weight excluding hydrogens is 172 g/mol. The molecule has 0 radical (unpaired) electrons. The van der Waals surface area contributed by atoms with E-state index in [0.29, 0.717) is 0 Å². The molecule has 1 aliphatic rings. The van der Waals surface area contributed by atoms with Gasteiger partial charge in [0.25, 0.3) is 0 Å². The van der Waals surface area contributed by atoms with Crippen LogP contribution in [0, 0.1) is 0 Å². The van der Waals surface area contributed by atoms with Gasteiger partial charge in [0.15, 0.2) is 0 Å². The Morgan fingerprint density at radius 2 is 1.64 bits per heavy atom. The summed E-state index contributed by atoms with van der Waals surface area (Å²) in [5.74, 6) is 0. The smallest absolute Gasteiger partial charge is 0.0112 e. The monoisotopic (exact) mass is 198 g/mol. The maximum absolute atomic E-state index is 2.67. The van der Waals surface area contributed by atoms with E-state index >= 15 is 0 Å². The zero-order valence-electron chi connectivity index (χ0n) is 10.1. The number of hydrogen-bond acceptors (Lipinski definition) is 2. The van der Waals surface area contributed by atoms with Crippen molar-refractivity contribution in [2.24, 2.45) is 0 Å². The second-order valence-corrected chi connectivity index (χ2v) is 4.46. The van der Waals surface area contributed by atoms with Crippen LogP contribution in [0.3, 0.4) is 0 Å². The Kier molecular flexibility index (Phi) is 5.49. The number of nitrogens with zero attached hydrogens (tertiary/aromatic N) is 2. The van der Waals surface area contributed by atoms with Gasteiger partial charge in [0.05, 0.1) is 0 Å². The third-order valence-electron chi connectivity index (χ3n) is 3.56. The molecule has 1 saturated carbocycles. The fraction of sp³-hybridized carbons (Fsp3) is 1.00. The van der Waals surface area contributed by atoms with E-state index in [1.54, 1.807) is 0 Å². The summed E-state index contributed by atoms with van der Waals surface area (Å²) in [4.78, 5) is 5.07. The summed E-state index contributed by atoms with van der Waals surface area (Å²) < 4.78 is 0. The average Bonchev–Trinajstić information content (AvgIpc) is 2.72. The Balaban J connectivity index is 2.23. The van der Waals surface area contributed by atoms with Gasteiger partial charge in [0, 0.05) is 19.1 Å². The van der Waals surface area contributed by atoms with E-state index in [1.165, 1.54) is 51.9 Å². The highest BCUT2D eigenvalue weighted by molar-refractivity contribution is 4.77. The van der Waals surface area contributed by atoms with Crippen LogP contribution in [-0.4, -0.2) is 49.1 Å². The predicted octanol–water partition coefficient (Wildman–Crippen LogP) is 2.20. The van der Waals surface area contributed by atoms with Gasteiger partial charge in [0.2, 0.25) is 0 Å². The maximum Gasteiger partial charge on any atom is 0.0112 e. The van der Waals surface area contributed by atoms with Gasteiger partial charge in [-0.2, -0.15) is 0 Å². The summed E-state index contributed by atoms with van der Waals surface area (Å²) in [6.45, 7) is 9.40. The molecule has 1 fully saturated rings. The molecule has 0 aromatic rings. The van der Waals surface area contributed by atoms with E-state index in [2.05, 4.69) is 30.7 Å². The maximum atomic E-state index is 2.67. The van der Waals surface area contributed by atoms with Gasteiger partial charge in [-0.1, -0.05) is 26.7 Å². The molecule has 14 heavy (non-hydrogen) atoms. The first kappa shape index (κ1) is 12.0. The van der Waals surface area contributed by atoms with Crippen molar-refractivity contribution in [2.45, 2.75) is 45.6 Å². The molecule has 0 amide bonds. The first-order valence-electron chi connectivity index (χ1n) is 6.20. The predicted molar refractivity (Wildman–Crippen MR) is 62.7 cm³/mol. The van der Waals surface area contributed by atoms with Crippen molar-refractivity contribution in [3.8, 4) is 0 Å². The number of likely N-dealkylation sites (N-methyl/N-ethyl adjacent to an activating group) is 2. The fourth-order valence-corrected chi connectivity index (χ4v) is 2.33. The van der Waals surface area contributed by atoms with Gasteiger partial charge in [-0.25, -0.2) is 0 Å². The highest BCUT2D eigenvalue weighted by Crippen LogP contribution is 2.22. The van der Waals surface area contributed by atoms with Crippen molar-refractivity contribution in [3.63, 3.8) is 0 Å². The van der Waals surface area contributed by atoms with Crippen molar-refractivity contribution in [1.82, 2.24) is 9.80 Å². The third kappa shape index (κ3) is 3.58. The zero-order chi connectivity index (χ0) is 10.4. The van der Waals surface area contributed by atoms with Gasteiger partial charge < -0.3 is 4.90 Å². The van der Waals surface area contributed by atoms with Crippen LogP contribution in [0.2, 0.25) is 0 Å². The molecule has 0 saturated heterocycles. The third-order valence-corrected chi connectivity index (χ3v) is 3.56. The molecule has 2 heteroatoms. The van der Waals surface area contributed by atoms with Crippen molar-refractivity contribution in [1.29, 1.82) is 0 Å². The van der Waals surface area contributed by atoms with Crippen molar-refractivity contribution in [3.05, 3.63) is 0 Å². The van der Waals surface area contributed by atoms with Crippen LogP contribution in [0.25, 0.3) is 0 Å². The standard InChI is InChI=1S/C12H26N2/c1-4-13(3)10-11-14(5-2)12-8-6-7-9-12/h12H,4-11H2,1-3H3. The molecule has 1 rings (SSSR count). The van der Waals surface area contributed by atoms with Crippen LogP contribution in [0.5, 0.6) is 0 Å². The van der Waals surface area contributed by atoms with Crippen LogP contribution >= 0.6 is 0 Å². The Morgan fingerprint density at radius 3 is 2.14 bits per heavy atom. The zero-order valence-corrected chi connectivity index (χ0v) is 10.1. The van der Waals surface area contributed by atoms with Crippen LogP contribution in [0.1, 0.15) is 39.5 Å². The van der Waals surface area contributed by atoms with Crippen LogP contribution in [-0.2, 0) is 0 Å². The van der Waals surface area contributed by atoms with Crippen molar-refractivity contribution in [2.75, 3.05) is 33.2 Å². The lowest BCUT2D eigenvalue weighted by atomic mass is 10.2. The molecule has 0 spiro atoms. The van der Waals surface area contributed by atoms with Crippen LogP contribution in [0.15, 0.2) is 0 Å². The molecule has 0 unspecified atom stereocenters. The van der Waals surface area contributed by atoms with Gasteiger partial charge in [0.1, 0.15) is 0 Å². The fourth-order valence-electron chi connectivity index (χ4n) is 2.33. The molecule has 0 aliphatic heterocycles. The Morgan fingerprint density at radius 1 is 1.00 bits per heavy atom. The first-order chi connectivity index (χ1) is 6.77.